The molecule has 0 aromatic heterocycles. The lowest BCUT2D eigenvalue weighted by atomic mass is 9.79. The number of likely N-dealkylation sites (tertiary alicyclic amines) is 1. The van der Waals surface area contributed by atoms with E-state index in [1.807, 2.05) is 6.92 Å². The highest BCUT2D eigenvalue weighted by Gasteiger charge is 2.35. The highest BCUT2D eigenvalue weighted by molar-refractivity contribution is 5.80. The lowest BCUT2D eigenvalue weighted by Crippen LogP contribution is -2.47. The summed E-state index contributed by atoms with van der Waals surface area (Å²) in [7, 11) is 0. The summed E-state index contributed by atoms with van der Waals surface area (Å²) in [6.45, 7) is 8.35. The second kappa shape index (κ2) is 3.66. The summed E-state index contributed by atoms with van der Waals surface area (Å²) in [5, 5.41) is 0. The van der Waals surface area contributed by atoms with Crippen LogP contribution >= 0.6 is 0 Å². The van der Waals surface area contributed by atoms with E-state index in [2.05, 4.69) is 18.7 Å². The van der Waals surface area contributed by atoms with Crippen molar-refractivity contribution in [3.63, 3.8) is 0 Å². The Morgan fingerprint density at radius 2 is 1.85 bits per heavy atom. The van der Waals surface area contributed by atoms with Crippen molar-refractivity contribution in [3.05, 3.63) is 0 Å². The van der Waals surface area contributed by atoms with Crippen molar-refractivity contribution in [3.8, 4) is 0 Å². The van der Waals surface area contributed by atoms with Crippen LogP contribution in [0.25, 0.3) is 0 Å². The van der Waals surface area contributed by atoms with Crippen molar-refractivity contribution < 1.29 is 4.79 Å². The molecule has 1 fully saturated rings. The number of hydrogen-bond acceptors (Lipinski definition) is 2. The highest BCUT2D eigenvalue weighted by atomic mass is 16.1. The number of amides is 1. The molecule has 0 aliphatic carbocycles. The van der Waals surface area contributed by atoms with Crippen molar-refractivity contribution in [2.24, 2.45) is 11.1 Å². The van der Waals surface area contributed by atoms with E-state index in [1.165, 1.54) is 0 Å². The first-order chi connectivity index (χ1) is 5.96. The molecule has 1 aliphatic rings. The minimum Gasteiger partial charge on any atom is -0.369 e. The second-order valence-corrected chi connectivity index (χ2v) is 4.55. The number of primary amides is 1. The normalized spacial score (nSPS) is 23.4. The number of piperidine rings is 1. The first kappa shape index (κ1) is 10.5. The van der Waals surface area contributed by atoms with Crippen molar-refractivity contribution in [2.75, 3.05) is 13.1 Å². The Morgan fingerprint density at radius 1 is 1.38 bits per heavy atom. The standard InChI is InChI=1S/C10H20N2O/c1-8(2)12-6-4-10(3,5-7-12)9(11)13/h8H,4-7H2,1-3H3,(H2,11,13). The van der Waals surface area contributed by atoms with Crippen LogP contribution in [0.2, 0.25) is 0 Å². The van der Waals surface area contributed by atoms with Crippen LogP contribution in [0.3, 0.4) is 0 Å². The second-order valence-electron chi connectivity index (χ2n) is 4.55. The van der Waals surface area contributed by atoms with E-state index in [0.717, 1.165) is 25.9 Å². The smallest absolute Gasteiger partial charge is 0.223 e. The number of hydrogen-bond donors (Lipinski definition) is 1. The molecule has 1 rings (SSSR count). The fourth-order valence-electron chi connectivity index (χ4n) is 1.78. The van der Waals surface area contributed by atoms with Gasteiger partial charge in [-0.3, -0.25) is 4.79 Å². The molecule has 2 N–H and O–H groups in total. The SMILES string of the molecule is CC(C)N1CCC(C)(C(N)=O)CC1. The molecule has 1 aliphatic heterocycles. The summed E-state index contributed by atoms with van der Waals surface area (Å²) in [6.07, 6.45) is 1.81. The van der Waals surface area contributed by atoms with E-state index in [0.29, 0.717) is 6.04 Å². The predicted molar refractivity (Wildman–Crippen MR) is 53.2 cm³/mol. The minimum absolute atomic E-state index is 0.143. The monoisotopic (exact) mass is 184 g/mol. The molecular weight excluding hydrogens is 164 g/mol. The van der Waals surface area contributed by atoms with Crippen LogP contribution in [0.4, 0.5) is 0 Å². The molecule has 0 aromatic rings. The summed E-state index contributed by atoms with van der Waals surface area (Å²) < 4.78 is 0. The molecule has 0 unspecified atom stereocenters. The van der Waals surface area contributed by atoms with Crippen LogP contribution in [-0.4, -0.2) is 29.9 Å². The molecule has 0 bridgehead atoms. The van der Waals surface area contributed by atoms with Gasteiger partial charge in [-0.25, -0.2) is 0 Å². The van der Waals surface area contributed by atoms with E-state index in [4.69, 9.17) is 5.73 Å². The molecule has 0 saturated carbocycles. The van der Waals surface area contributed by atoms with Crippen molar-refractivity contribution in [1.82, 2.24) is 4.90 Å². The molecule has 3 heteroatoms. The van der Waals surface area contributed by atoms with Crippen LogP contribution in [-0.2, 0) is 4.79 Å². The van der Waals surface area contributed by atoms with Gasteiger partial charge in [0.15, 0.2) is 0 Å². The largest absolute Gasteiger partial charge is 0.369 e. The maximum absolute atomic E-state index is 11.2. The number of rotatable bonds is 2. The summed E-state index contributed by atoms with van der Waals surface area (Å²) in [5.74, 6) is -0.143. The van der Waals surface area contributed by atoms with Gasteiger partial charge < -0.3 is 10.6 Å². The van der Waals surface area contributed by atoms with Gasteiger partial charge in [0.2, 0.25) is 5.91 Å². The summed E-state index contributed by atoms with van der Waals surface area (Å²) in [6, 6.07) is 0.581. The topological polar surface area (TPSA) is 46.3 Å². The molecule has 0 spiro atoms. The van der Waals surface area contributed by atoms with E-state index >= 15 is 0 Å². The van der Waals surface area contributed by atoms with Gasteiger partial charge in [0.1, 0.15) is 0 Å². The van der Waals surface area contributed by atoms with Gasteiger partial charge in [0, 0.05) is 11.5 Å². The van der Waals surface area contributed by atoms with Crippen molar-refractivity contribution in [1.29, 1.82) is 0 Å². The summed E-state index contributed by atoms with van der Waals surface area (Å²) in [5.41, 5.74) is 5.11. The van der Waals surface area contributed by atoms with Crippen LogP contribution in [0.15, 0.2) is 0 Å². The third-order valence-corrected chi connectivity index (χ3v) is 3.23. The molecule has 0 radical (unpaired) electrons. The van der Waals surface area contributed by atoms with Gasteiger partial charge in [0.05, 0.1) is 0 Å². The summed E-state index contributed by atoms with van der Waals surface area (Å²) in [4.78, 5) is 13.5. The fourth-order valence-corrected chi connectivity index (χ4v) is 1.78. The van der Waals surface area contributed by atoms with Gasteiger partial charge in [-0.2, -0.15) is 0 Å². The zero-order chi connectivity index (χ0) is 10.1. The van der Waals surface area contributed by atoms with E-state index < -0.39 is 0 Å². The molecule has 1 amide bonds. The quantitative estimate of drug-likeness (QED) is 0.695. The van der Waals surface area contributed by atoms with Crippen molar-refractivity contribution >= 4 is 5.91 Å². The summed E-state index contributed by atoms with van der Waals surface area (Å²) >= 11 is 0. The maximum atomic E-state index is 11.2. The number of nitrogens with zero attached hydrogens (tertiary/aromatic N) is 1. The van der Waals surface area contributed by atoms with Gasteiger partial charge >= 0.3 is 0 Å². The lowest BCUT2D eigenvalue weighted by Gasteiger charge is -2.39. The van der Waals surface area contributed by atoms with E-state index in [-0.39, 0.29) is 11.3 Å². The number of nitrogens with two attached hydrogens (primary N) is 1. The van der Waals surface area contributed by atoms with Gasteiger partial charge in [-0.05, 0) is 39.8 Å². The third kappa shape index (κ3) is 2.21. The predicted octanol–water partition coefficient (Wildman–Crippen LogP) is 0.982. The Bertz CT molecular complexity index is 193. The zero-order valence-corrected chi connectivity index (χ0v) is 8.84. The average Bonchev–Trinajstić information content (AvgIpc) is 2.04. The Kier molecular flexibility index (Phi) is 2.96. The first-order valence-electron chi connectivity index (χ1n) is 5.00. The molecule has 0 atom stereocenters. The number of carbonyl (C=O) groups is 1. The van der Waals surface area contributed by atoms with Crippen LogP contribution in [0.5, 0.6) is 0 Å². The van der Waals surface area contributed by atoms with Gasteiger partial charge in [0.25, 0.3) is 0 Å². The first-order valence-corrected chi connectivity index (χ1v) is 5.00. The molecule has 76 valence electrons. The molecule has 13 heavy (non-hydrogen) atoms. The zero-order valence-electron chi connectivity index (χ0n) is 8.84. The Labute approximate surface area is 80.3 Å². The van der Waals surface area contributed by atoms with Crippen molar-refractivity contribution in [2.45, 2.75) is 39.7 Å². The Balaban J connectivity index is 2.51. The molecule has 0 aromatic carbocycles. The van der Waals surface area contributed by atoms with E-state index in [9.17, 15) is 4.79 Å². The minimum atomic E-state index is -0.259. The van der Waals surface area contributed by atoms with Crippen LogP contribution < -0.4 is 5.73 Å². The Morgan fingerprint density at radius 3 is 2.15 bits per heavy atom. The lowest BCUT2D eigenvalue weighted by molar-refractivity contribution is -0.129. The molecular formula is C10H20N2O. The van der Waals surface area contributed by atoms with Gasteiger partial charge in [-0.15, -0.1) is 0 Å². The number of carbonyl (C=O) groups excluding carboxylic acids is 1. The fraction of sp³-hybridized carbons (Fsp3) is 0.900. The highest BCUT2D eigenvalue weighted by Crippen LogP contribution is 2.30. The maximum Gasteiger partial charge on any atom is 0.223 e. The average molecular weight is 184 g/mol. The van der Waals surface area contributed by atoms with E-state index in [1.54, 1.807) is 0 Å². The van der Waals surface area contributed by atoms with Crippen LogP contribution in [0, 0.1) is 5.41 Å². The molecule has 1 heterocycles. The van der Waals surface area contributed by atoms with Crippen LogP contribution in [0.1, 0.15) is 33.6 Å². The Hall–Kier alpha value is -0.570. The van der Waals surface area contributed by atoms with Gasteiger partial charge in [-0.1, -0.05) is 6.92 Å². The molecule has 1 saturated heterocycles. The molecule has 3 nitrogen and oxygen atoms in total. The third-order valence-electron chi connectivity index (χ3n) is 3.23.